The summed E-state index contributed by atoms with van der Waals surface area (Å²) in [6.07, 6.45) is 0. The number of halogens is 1. The molecule has 0 atom stereocenters. The minimum Gasteiger partial charge on any atom is -0.352 e. The van der Waals surface area contributed by atoms with Crippen LogP contribution in [-0.2, 0) is 0 Å². The van der Waals surface area contributed by atoms with Gasteiger partial charge < -0.3 is 3.81 Å². The van der Waals surface area contributed by atoms with Gasteiger partial charge in [0.25, 0.3) is 23.1 Å². The van der Waals surface area contributed by atoms with E-state index in [4.69, 9.17) is 16.7 Å². The highest BCUT2D eigenvalue weighted by atomic mass is 35.5. The van der Waals surface area contributed by atoms with Gasteiger partial charge >= 0.3 is 0 Å². The zero-order chi connectivity index (χ0) is 19.3. The molecule has 138 valence electrons. The van der Waals surface area contributed by atoms with E-state index >= 15 is 0 Å². The Kier molecular flexibility index (Phi) is 4.80. The second kappa shape index (κ2) is 6.41. The van der Waals surface area contributed by atoms with Gasteiger partial charge in [0, 0.05) is 22.3 Å². The Morgan fingerprint density at radius 1 is 0.923 bits per heavy atom. The molecule has 0 radical (unpaired) electrons. The third-order valence-corrected chi connectivity index (χ3v) is 15.2. The smallest absolute Gasteiger partial charge is 0.276 e. The SMILES string of the molecule is Cc1ccc2c(c1)N=[N+](c1ccc(Cl)cc1)C[N+]2([Si](C)(C)C)[Si](C)(C)C. The molecule has 0 bridgehead atoms. The number of hydrogen-bond donors (Lipinski definition) is 0. The monoisotopic (exact) mass is 403 g/mol. The minimum atomic E-state index is -1.62. The van der Waals surface area contributed by atoms with Crippen molar-refractivity contribution in [1.29, 1.82) is 0 Å². The molecular formula is C20H30ClN3Si2+2. The number of azo groups is 2. The van der Waals surface area contributed by atoms with Crippen LogP contribution in [0.25, 0.3) is 0 Å². The van der Waals surface area contributed by atoms with E-state index in [1.54, 1.807) is 0 Å². The van der Waals surface area contributed by atoms with E-state index < -0.39 is 16.5 Å². The van der Waals surface area contributed by atoms with Crippen molar-refractivity contribution in [3.8, 4) is 0 Å². The lowest BCUT2D eigenvalue weighted by atomic mass is 10.2. The van der Waals surface area contributed by atoms with Crippen molar-refractivity contribution in [3.05, 3.63) is 53.1 Å². The summed E-state index contributed by atoms with van der Waals surface area (Å²) in [7, 11) is -3.25. The minimum absolute atomic E-state index is 0.762. The van der Waals surface area contributed by atoms with Gasteiger partial charge in [-0.15, -0.1) is 0 Å². The van der Waals surface area contributed by atoms with Gasteiger partial charge in [0.15, 0.2) is 5.69 Å². The average Bonchev–Trinajstić information content (AvgIpc) is 2.51. The standard InChI is InChI=1S/C20H30ClN3Si2/c1-16-8-13-20-19(14-16)22-23(18-11-9-17(21)10-12-18)15-24(20,25(2,3)4)26(5,6)7/h8-14H,15H2,1-7H3/q+2. The predicted molar refractivity (Wildman–Crippen MR) is 118 cm³/mol. The summed E-state index contributed by atoms with van der Waals surface area (Å²) in [6.45, 7) is 18.1. The summed E-state index contributed by atoms with van der Waals surface area (Å²) in [5, 5.41) is 5.81. The number of fused-ring (bicyclic) bond motifs is 1. The van der Waals surface area contributed by atoms with Gasteiger partial charge in [-0.25, -0.2) is 0 Å². The van der Waals surface area contributed by atoms with E-state index in [1.165, 1.54) is 11.3 Å². The lowest BCUT2D eigenvalue weighted by molar-refractivity contribution is -0.522. The van der Waals surface area contributed by atoms with Crippen LogP contribution in [-0.4, -0.2) is 27.8 Å². The van der Waals surface area contributed by atoms with Crippen LogP contribution in [0.1, 0.15) is 5.56 Å². The van der Waals surface area contributed by atoms with E-state index in [-0.39, 0.29) is 0 Å². The van der Waals surface area contributed by atoms with Crippen LogP contribution in [0.2, 0.25) is 44.3 Å². The molecule has 2 aromatic carbocycles. The molecule has 0 amide bonds. The van der Waals surface area contributed by atoms with Gasteiger partial charge in [0.1, 0.15) is 5.69 Å². The summed E-state index contributed by atoms with van der Waals surface area (Å²) >= 11 is 6.11. The molecule has 6 heteroatoms. The second-order valence-electron chi connectivity index (χ2n) is 9.26. The fraction of sp³-hybridized carbons (Fsp3) is 0.400. The zero-order valence-corrected chi connectivity index (χ0v) is 19.7. The summed E-state index contributed by atoms with van der Waals surface area (Å²) in [6, 6.07) is 14.9. The van der Waals surface area contributed by atoms with Crippen LogP contribution >= 0.6 is 11.6 Å². The van der Waals surface area contributed by atoms with Crippen LogP contribution in [0.5, 0.6) is 0 Å². The third kappa shape index (κ3) is 3.11. The molecule has 0 N–H and O–H groups in total. The molecule has 1 heterocycles. The summed E-state index contributed by atoms with van der Waals surface area (Å²) in [4.78, 5) is 0. The summed E-state index contributed by atoms with van der Waals surface area (Å²) in [5.74, 6) is 0. The van der Waals surface area contributed by atoms with Crippen LogP contribution in [0, 0.1) is 6.92 Å². The molecule has 0 spiro atoms. The van der Waals surface area contributed by atoms with Gasteiger partial charge in [0.05, 0.1) is 0 Å². The van der Waals surface area contributed by atoms with Gasteiger partial charge in [-0.2, -0.15) is 0 Å². The molecule has 0 unspecified atom stereocenters. The highest BCUT2D eigenvalue weighted by Gasteiger charge is 2.59. The van der Waals surface area contributed by atoms with E-state index in [0.29, 0.717) is 0 Å². The number of quaternary nitrogens is 1. The Balaban J connectivity index is 2.31. The lowest BCUT2D eigenvalue weighted by Crippen LogP contribution is -2.78. The maximum Gasteiger partial charge on any atom is 0.276 e. The van der Waals surface area contributed by atoms with Crippen LogP contribution in [0.15, 0.2) is 47.6 Å². The first-order valence-electron chi connectivity index (χ1n) is 9.20. The normalized spacial score (nSPS) is 16.8. The van der Waals surface area contributed by atoms with E-state index in [0.717, 1.165) is 26.9 Å². The fourth-order valence-corrected chi connectivity index (χ4v) is 15.5. The Hall–Kier alpha value is -1.28. The zero-order valence-electron chi connectivity index (χ0n) is 17.0. The number of hydrogen-bond acceptors (Lipinski definition) is 1. The maximum absolute atomic E-state index is 6.11. The first-order chi connectivity index (χ1) is 12.0. The number of nitrogens with zero attached hydrogens (tertiary/aromatic N) is 3. The summed E-state index contributed by atoms with van der Waals surface area (Å²) < 4.78 is 3.30. The van der Waals surface area contributed by atoms with Gasteiger partial charge in [-0.05, 0) is 80.7 Å². The van der Waals surface area contributed by atoms with Crippen LogP contribution in [0.3, 0.4) is 0 Å². The Bertz CT molecular complexity index is 848. The number of aryl methyl sites for hydroxylation is 1. The van der Waals surface area contributed by atoms with Crippen molar-refractivity contribution in [2.24, 2.45) is 5.11 Å². The van der Waals surface area contributed by atoms with Crippen LogP contribution < -0.4 is 3.81 Å². The van der Waals surface area contributed by atoms with Gasteiger partial charge in [0.2, 0.25) is 5.69 Å². The van der Waals surface area contributed by atoms with Gasteiger partial charge in [-0.3, -0.25) is 0 Å². The first kappa shape index (κ1) is 19.5. The van der Waals surface area contributed by atoms with E-state index in [1.807, 2.05) is 12.1 Å². The Morgan fingerprint density at radius 3 is 2.04 bits per heavy atom. The molecule has 0 saturated heterocycles. The van der Waals surface area contributed by atoms with E-state index in [9.17, 15) is 0 Å². The van der Waals surface area contributed by atoms with Crippen molar-refractivity contribution < 1.29 is 4.70 Å². The van der Waals surface area contributed by atoms with Crippen molar-refractivity contribution in [2.75, 3.05) is 6.67 Å². The van der Waals surface area contributed by atoms with Crippen molar-refractivity contribution in [1.82, 2.24) is 3.81 Å². The first-order valence-corrected chi connectivity index (χ1v) is 16.5. The average molecular weight is 404 g/mol. The molecule has 26 heavy (non-hydrogen) atoms. The molecule has 0 aliphatic carbocycles. The van der Waals surface area contributed by atoms with Gasteiger partial charge in [-0.1, -0.05) is 17.7 Å². The maximum atomic E-state index is 6.11. The number of rotatable bonds is 3. The lowest BCUT2D eigenvalue weighted by Gasteiger charge is -2.54. The third-order valence-electron chi connectivity index (χ3n) is 5.53. The highest BCUT2D eigenvalue weighted by Crippen LogP contribution is 2.47. The molecule has 0 saturated carbocycles. The quantitative estimate of drug-likeness (QED) is 0.386. The highest BCUT2D eigenvalue weighted by molar-refractivity contribution is 6.95. The molecule has 1 aliphatic rings. The molecule has 0 fully saturated rings. The predicted octanol–water partition coefficient (Wildman–Crippen LogP) is 7.02. The van der Waals surface area contributed by atoms with Crippen LogP contribution in [0.4, 0.5) is 17.1 Å². The van der Waals surface area contributed by atoms with E-state index in [2.05, 4.69) is 81.2 Å². The molecule has 1 aliphatic heterocycles. The van der Waals surface area contributed by atoms with Crippen molar-refractivity contribution >= 4 is 45.1 Å². The molecule has 3 nitrogen and oxygen atoms in total. The van der Waals surface area contributed by atoms with Crippen molar-refractivity contribution in [2.45, 2.75) is 46.2 Å². The number of benzene rings is 2. The van der Waals surface area contributed by atoms with Crippen molar-refractivity contribution in [3.63, 3.8) is 0 Å². The molecule has 0 aromatic heterocycles. The summed E-state index contributed by atoms with van der Waals surface area (Å²) in [5.41, 5.74) is 4.91. The molecule has 2 aromatic rings. The second-order valence-corrected chi connectivity index (χ2v) is 20.4. The molecule has 3 rings (SSSR count). The fourth-order valence-electron chi connectivity index (χ4n) is 4.38. The topological polar surface area (TPSA) is 15.4 Å². The Morgan fingerprint density at radius 2 is 1.50 bits per heavy atom. The Labute approximate surface area is 164 Å². The largest absolute Gasteiger partial charge is 0.352 e. The molecular weight excluding hydrogens is 374 g/mol.